The SMILES string of the molecule is COc1cc(F)c(C(=O)Nc2cccc(S(C)(=O)=O)c2)c(Oc2ccc(F)cc2OC)n1. The fraction of sp³-hybridized carbons (Fsp3) is 0.143. The summed E-state index contributed by atoms with van der Waals surface area (Å²) in [5.74, 6) is -3.24. The van der Waals surface area contributed by atoms with E-state index in [2.05, 4.69) is 10.3 Å². The molecule has 1 amide bonds. The first kappa shape index (κ1) is 22.9. The van der Waals surface area contributed by atoms with Gasteiger partial charge < -0.3 is 19.5 Å². The number of carbonyl (C=O) groups is 1. The van der Waals surface area contributed by atoms with E-state index in [0.29, 0.717) is 0 Å². The minimum absolute atomic E-state index is 0.0118. The third-order valence-electron chi connectivity index (χ3n) is 4.20. The van der Waals surface area contributed by atoms with Crippen LogP contribution in [0.5, 0.6) is 23.3 Å². The number of amides is 1. The largest absolute Gasteiger partial charge is 0.493 e. The summed E-state index contributed by atoms with van der Waals surface area (Å²) in [7, 11) is -0.995. The quantitative estimate of drug-likeness (QED) is 0.567. The van der Waals surface area contributed by atoms with Crippen molar-refractivity contribution in [2.75, 3.05) is 25.8 Å². The molecule has 8 nitrogen and oxygen atoms in total. The molecule has 0 atom stereocenters. The lowest BCUT2D eigenvalue weighted by molar-refractivity contribution is 0.101. The Balaban J connectivity index is 2.02. The van der Waals surface area contributed by atoms with Crippen LogP contribution < -0.4 is 19.5 Å². The molecule has 11 heteroatoms. The van der Waals surface area contributed by atoms with E-state index < -0.39 is 38.8 Å². The van der Waals surface area contributed by atoms with E-state index in [1.807, 2.05) is 0 Å². The molecule has 3 aromatic rings. The Morgan fingerprint density at radius 2 is 1.75 bits per heavy atom. The van der Waals surface area contributed by atoms with Gasteiger partial charge in [0.2, 0.25) is 11.8 Å². The number of hydrogen-bond donors (Lipinski definition) is 1. The van der Waals surface area contributed by atoms with Crippen molar-refractivity contribution in [2.24, 2.45) is 0 Å². The van der Waals surface area contributed by atoms with Gasteiger partial charge in [-0.15, -0.1) is 0 Å². The fourth-order valence-corrected chi connectivity index (χ4v) is 3.35. The number of methoxy groups -OCH3 is 2. The monoisotopic (exact) mass is 464 g/mol. The van der Waals surface area contributed by atoms with Crippen LogP contribution in [0.25, 0.3) is 0 Å². The van der Waals surface area contributed by atoms with Gasteiger partial charge in [0, 0.05) is 24.1 Å². The summed E-state index contributed by atoms with van der Waals surface area (Å²) in [5.41, 5.74) is -0.472. The highest BCUT2D eigenvalue weighted by Crippen LogP contribution is 2.35. The van der Waals surface area contributed by atoms with Gasteiger partial charge in [0.1, 0.15) is 17.2 Å². The molecule has 0 spiro atoms. The first-order chi connectivity index (χ1) is 15.1. The lowest BCUT2D eigenvalue weighted by atomic mass is 10.2. The van der Waals surface area contributed by atoms with E-state index >= 15 is 0 Å². The maximum Gasteiger partial charge on any atom is 0.264 e. The van der Waals surface area contributed by atoms with Gasteiger partial charge in [-0.2, -0.15) is 4.98 Å². The topological polar surface area (TPSA) is 104 Å². The molecule has 3 rings (SSSR count). The molecule has 0 saturated carbocycles. The van der Waals surface area contributed by atoms with Crippen molar-refractivity contribution in [3.63, 3.8) is 0 Å². The van der Waals surface area contributed by atoms with Crippen molar-refractivity contribution in [2.45, 2.75) is 4.90 Å². The molecule has 1 aromatic heterocycles. The lowest BCUT2D eigenvalue weighted by Crippen LogP contribution is -2.16. The zero-order valence-corrected chi connectivity index (χ0v) is 18.0. The number of sulfone groups is 1. The van der Waals surface area contributed by atoms with Gasteiger partial charge >= 0.3 is 0 Å². The van der Waals surface area contributed by atoms with Crippen LogP contribution in [-0.2, 0) is 9.84 Å². The third-order valence-corrected chi connectivity index (χ3v) is 5.31. The molecule has 0 fully saturated rings. The number of hydrogen-bond acceptors (Lipinski definition) is 7. The molecular formula is C21H18F2N2O6S. The summed E-state index contributed by atoms with van der Waals surface area (Å²) in [5, 5.41) is 2.42. The minimum Gasteiger partial charge on any atom is -0.493 e. The van der Waals surface area contributed by atoms with E-state index in [0.717, 1.165) is 24.5 Å². The van der Waals surface area contributed by atoms with Crippen LogP contribution in [0.15, 0.2) is 53.4 Å². The van der Waals surface area contributed by atoms with Crippen LogP contribution in [0, 0.1) is 11.6 Å². The Morgan fingerprint density at radius 3 is 2.41 bits per heavy atom. The number of ether oxygens (including phenoxy) is 3. The summed E-state index contributed by atoms with van der Waals surface area (Å²) in [4.78, 5) is 16.8. The van der Waals surface area contributed by atoms with E-state index in [1.165, 1.54) is 44.6 Å². The highest BCUT2D eigenvalue weighted by atomic mass is 32.2. The van der Waals surface area contributed by atoms with Crippen molar-refractivity contribution in [1.29, 1.82) is 0 Å². The van der Waals surface area contributed by atoms with Crippen LogP contribution in [0.3, 0.4) is 0 Å². The van der Waals surface area contributed by atoms with E-state index in [9.17, 15) is 22.0 Å². The summed E-state index contributed by atoms with van der Waals surface area (Å²) >= 11 is 0. The number of nitrogens with one attached hydrogen (secondary N) is 1. The normalized spacial score (nSPS) is 11.0. The molecule has 0 aliphatic carbocycles. The maximum atomic E-state index is 14.8. The number of aromatic nitrogens is 1. The van der Waals surface area contributed by atoms with Crippen molar-refractivity contribution in [3.8, 4) is 23.3 Å². The minimum atomic E-state index is -3.53. The summed E-state index contributed by atoms with van der Waals surface area (Å²) in [6.45, 7) is 0. The number of pyridine rings is 1. The molecule has 168 valence electrons. The number of halogens is 2. The van der Waals surface area contributed by atoms with Gasteiger partial charge in [0.05, 0.1) is 19.1 Å². The zero-order chi connectivity index (χ0) is 23.5. The third kappa shape index (κ3) is 5.11. The van der Waals surface area contributed by atoms with Crippen LogP contribution in [0.1, 0.15) is 10.4 Å². The molecule has 0 bridgehead atoms. The zero-order valence-electron chi connectivity index (χ0n) is 17.2. The van der Waals surface area contributed by atoms with Gasteiger partial charge in [-0.25, -0.2) is 17.2 Å². The van der Waals surface area contributed by atoms with Gasteiger partial charge in [-0.05, 0) is 30.3 Å². The molecule has 0 radical (unpaired) electrons. The van der Waals surface area contributed by atoms with Crippen molar-refractivity contribution >= 4 is 21.4 Å². The van der Waals surface area contributed by atoms with Crippen molar-refractivity contribution in [1.82, 2.24) is 4.98 Å². The lowest BCUT2D eigenvalue weighted by Gasteiger charge is -2.14. The number of benzene rings is 2. The highest BCUT2D eigenvalue weighted by Gasteiger charge is 2.24. The number of anilines is 1. The Kier molecular flexibility index (Phi) is 6.58. The van der Waals surface area contributed by atoms with Crippen LogP contribution in [-0.4, -0.2) is 39.8 Å². The van der Waals surface area contributed by atoms with Crippen LogP contribution in [0.4, 0.5) is 14.5 Å². The molecule has 0 aliphatic heterocycles. The molecular weight excluding hydrogens is 446 g/mol. The first-order valence-electron chi connectivity index (χ1n) is 8.99. The van der Waals surface area contributed by atoms with Gasteiger partial charge in [-0.1, -0.05) is 6.07 Å². The summed E-state index contributed by atoms with van der Waals surface area (Å²) in [6.07, 6.45) is 1.02. The number of rotatable bonds is 7. The highest BCUT2D eigenvalue weighted by molar-refractivity contribution is 7.90. The summed E-state index contributed by atoms with van der Waals surface area (Å²) in [6, 6.07) is 9.69. The molecule has 1 N–H and O–H groups in total. The fourth-order valence-electron chi connectivity index (χ4n) is 2.68. The molecule has 0 aliphatic rings. The van der Waals surface area contributed by atoms with Crippen LogP contribution >= 0.6 is 0 Å². The first-order valence-corrected chi connectivity index (χ1v) is 10.9. The Labute approximate surface area is 182 Å². The van der Waals surface area contributed by atoms with E-state index in [-0.39, 0.29) is 28.0 Å². The van der Waals surface area contributed by atoms with Crippen LogP contribution in [0.2, 0.25) is 0 Å². The number of carbonyl (C=O) groups excluding carboxylic acids is 1. The molecule has 0 saturated heterocycles. The smallest absolute Gasteiger partial charge is 0.264 e. The van der Waals surface area contributed by atoms with Gasteiger partial charge in [-0.3, -0.25) is 4.79 Å². The Hall–Kier alpha value is -3.73. The van der Waals surface area contributed by atoms with E-state index in [4.69, 9.17) is 14.2 Å². The Morgan fingerprint density at radius 1 is 1.00 bits per heavy atom. The average molecular weight is 464 g/mol. The Bertz CT molecular complexity index is 1280. The van der Waals surface area contributed by atoms with Gasteiger partial charge in [0.25, 0.3) is 5.91 Å². The van der Waals surface area contributed by atoms with Crippen molar-refractivity contribution in [3.05, 3.63) is 65.7 Å². The van der Waals surface area contributed by atoms with Gasteiger partial charge in [0.15, 0.2) is 21.3 Å². The standard InChI is InChI=1S/C21H18F2N2O6S/c1-29-17-9-12(22)7-8-16(17)31-21-19(15(23)11-18(25-21)30-2)20(26)24-13-5-4-6-14(10-13)32(3,27)28/h4-11H,1-3H3,(H,24,26). The molecule has 32 heavy (non-hydrogen) atoms. The van der Waals surface area contributed by atoms with E-state index in [1.54, 1.807) is 0 Å². The molecule has 1 heterocycles. The van der Waals surface area contributed by atoms with Crippen molar-refractivity contribution < 1.29 is 36.2 Å². The second-order valence-electron chi connectivity index (χ2n) is 6.48. The predicted molar refractivity (Wildman–Crippen MR) is 111 cm³/mol. The number of nitrogens with zero attached hydrogens (tertiary/aromatic N) is 1. The second-order valence-corrected chi connectivity index (χ2v) is 8.49. The predicted octanol–water partition coefficient (Wildman–Crippen LogP) is 3.83. The molecule has 0 unspecified atom stereocenters. The molecule has 2 aromatic carbocycles. The average Bonchev–Trinajstić information content (AvgIpc) is 2.74. The maximum absolute atomic E-state index is 14.8. The summed E-state index contributed by atoms with van der Waals surface area (Å²) < 4.78 is 67.4. The second kappa shape index (κ2) is 9.18.